The molecule has 0 bridgehead atoms. The smallest absolute Gasteiger partial charge is 0.0839 e. The summed E-state index contributed by atoms with van der Waals surface area (Å²) in [6.45, 7) is 8.48. The minimum Gasteiger partial charge on any atom is -0.393 e. The predicted octanol–water partition coefficient (Wildman–Crippen LogP) is 1.83. The molecule has 2 saturated heterocycles. The van der Waals surface area contributed by atoms with Gasteiger partial charge in [0.15, 0.2) is 0 Å². The first-order chi connectivity index (χ1) is 9.50. The van der Waals surface area contributed by atoms with Gasteiger partial charge in [-0.3, -0.25) is 0 Å². The Labute approximate surface area is 122 Å². The van der Waals surface area contributed by atoms with Crippen molar-refractivity contribution in [2.75, 3.05) is 19.8 Å². The van der Waals surface area contributed by atoms with E-state index < -0.39 is 0 Å². The summed E-state index contributed by atoms with van der Waals surface area (Å²) in [7, 11) is 0. The van der Waals surface area contributed by atoms with E-state index in [1.165, 1.54) is 0 Å². The summed E-state index contributed by atoms with van der Waals surface area (Å²) in [5.74, 6) is 1.28. The molecular formula is C16H30O4. The van der Waals surface area contributed by atoms with Crippen LogP contribution in [0.15, 0.2) is 0 Å². The number of rotatable bonds is 4. The van der Waals surface area contributed by atoms with Crippen molar-refractivity contribution in [3.05, 3.63) is 0 Å². The lowest BCUT2D eigenvalue weighted by molar-refractivity contribution is -0.131. The van der Waals surface area contributed by atoms with Crippen molar-refractivity contribution in [2.45, 2.75) is 58.3 Å². The SMILES string of the molecule is CC(CC1OCC[C@H](C(C)C)C1O)C1COCCC1O. The van der Waals surface area contributed by atoms with Crippen LogP contribution in [0.25, 0.3) is 0 Å². The monoisotopic (exact) mass is 286 g/mol. The van der Waals surface area contributed by atoms with E-state index in [2.05, 4.69) is 20.8 Å². The molecule has 0 aromatic heterocycles. The van der Waals surface area contributed by atoms with E-state index in [0.717, 1.165) is 25.9 Å². The standard InChI is InChI=1S/C16H30O4/c1-10(2)12-4-7-20-15(16(12)18)8-11(3)13-9-19-6-5-14(13)17/h10-18H,4-9H2,1-3H3/t11?,12-,13?,14?,15?,16?/m1/s1. The molecule has 0 aliphatic carbocycles. The van der Waals surface area contributed by atoms with Gasteiger partial charge in [-0.05, 0) is 37.0 Å². The Bertz CT molecular complexity index is 294. The number of hydrogen-bond donors (Lipinski definition) is 2. The predicted molar refractivity (Wildman–Crippen MR) is 77.4 cm³/mol. The van der Waals surface area contributed by atoms with Crippen molar-refractivity contribution in [3.8, 4) is 0 Å². The van der Waals surface area contributed by atoms with Gasteiger partial charge >= 0.3 is 0 Å². The van der Waals surface area contributed by atoms with Crippen LogP contribution in [0.4, 0.5) is 0 Å². The largest absolute Gasteiger partial charge is 0.393 e. The van der Waals surface area contributed by atoms with Crippen molar-refractivity contribution >= 4 is 0 Å². The Balaban J connectivity index is 1.91. The zero-order chi connectivity index (χ0) is 14.7. The van der Waals surface area contributed by atoms with Crippen molar-refractivity contribution in [1.29, 1.82) is 0 Å². The van der Waals surface area contributed by atoms with Gasteiger partial charge in [0.25, 0.3) is 0 Å². The van der Waals surface area contributed by atoms with Crippen LogP contribution in [0.2, 0.25) is 0 Å². The van der Waals surface area contributed by atoms with Gasteiger partial charge in [-0.15, -0.1) is 0 Å². The van der Waals surface area contributed by atoms with E-state index in [-0.39, 0.29) is 24.2 Å². The molecule has 20 heavy (non-hydrogen) atoms. The average Bonchev–Trinajstić information content (AvgIpc) is 2.41. The molecule has 6 atom stereocenters. The first kappa shape index (κ1) is 16.2. The Hall–Kier alpha value is -0.160. The lowest BCUT2D eigenvalue weighted by atomic mass is 9.78. The maximum Gasteiger partial charge on any atom is 0.0839 e. The molecule has 2 heterocycles. The highest BCUT2D eigenvalue weighted by Crippen LogP contribution is 2.33. The van der Waals surface area contributed by atoms with Crippen LogP contribution in [-0.4, -0.2) is 48.3 Å². The molecule has 0 aromatic carbocycles. The van der Waals surface area contributed by atoms with E-state index in [1.807, 2.05) is 0 Å². The van der Waals surface area contributed by atoms with Gasteiger partial charge in [0.2, 0.25) is 0 Å². The van der Waals surface area contributed by atoms with Crippen LogP contribution >= 0.6 is 0 Å². The third-order valence-corrected chi connectivity index (χ3v) is 5.16. The highest BCUT2D eigenvalue weighted by Gasteiger charge is 2.37. The first-order valence-corrected chi connectivity index (χ1v) is 8.06. The fraction of sp³-hybridized carbons (Fsp3) is 1.00. The van der Waals surface area contributed by atoms with Crippen LogP contribution in [0, 0.1) is 23.7 Å². The van der Waals surface area contributed by atoms with Gasteiger partial charge in [0.1, 0.15) is 0 Å². The highest BCUT2D eigenvalue weighted by molar-refractivity contribution is 4.86. The molecule has 0 amide bonds. The third-order valence-electron chi connectivity index (χ3n) is 5.16. The first-order valence-electron chi connectivity index (χ1n) is 8.06. The topological polar surface area (TPSA) is 58.9 Å². The fourth-order valence-corrected chi connectivity index (χ4v) is 3.67. The molecule has 0 aromatic rings. The van der Waals surface area contributed by atoms with Crippen LogP contribution < -0.4 is 0 Å². The van der Waals surface area contributed by atoms with Gasteiger partial charge < -0.3 is 19.7 Å². The quantitative estimate of drug-likeness (QED) is 0.828. The molecule has 2 rings (SSSR count). The minimum absolute atomic E-state index is 0.0970. The molecule has 2 aliphatic rings. The molecule has 5 unspecified atom stereocenters. The van der Waals surface area contributed by atoms with Crippen molar-refractivity contribution in [2.24, 2.45) is 23.7 Å². The van der Waals surface area contributed by atoms with Crippen LogP contribution in [-0.2, 0) is 9.47 Å². The summed E-state index contributed by atoms with van der Waals surface area (Å²) >= 11 is 0. The van der Waals surface area contributed by atoms with E-state index >= 15 is 0 Å². The molecule has 2 N–H and O–H groups in total. The maximum absolute atomic E-state index is 10.5. The Morgan fingerprint density at radius 1 is 1.05 bits per heavy atom. The van der Waals surface area contributed by atoms with E-state index in [4.69, 9.17) is 9.47 Å². The van der Waals surface area contributed by atoms with Gasteiger partial charge in [-0.2, -0.15) is 0 Å². The van der Waals surface area contributed by atoms with Crippen LogP contribution in [0.1, 0.15) is 40.0 Å². The minimum atomic E-state index is -0.382. The Kier molecular flexibility index (Phi) is 5.84. The Morgan fingerprint density at radius 2 is 1.80 bits per heavy atom. The number of aliphatic hydroxyl groups is 2. The summed E-state index contributed by atoms with van der Waals surface area (Å²) in [6, 6.07) is 0. The maximum atomic E-state index is 10.5. The summed E-state index contributed by atoms with van der Waals surface area (Å²) < 4.78 is 11.3. The van der Waals surface area contributed by atoms with Crippen molar-refractivity contribution in [3.63, 3.8) is 0 Å². The van der Waals surface area contributed by atoms with Crippen molar-refractivity contribution < 1.29 is 19.7 Å². The number of aliphatic hydroxyl groups excluding tert-OH is 2. The van der Waals surface area contributed by atoms with Crippen molar-refractivity contribution in [1.82, 2.24) is 0 Å². The highest BCUT2D eigenvalue weighted by atomic mass is 16.5. The second-order valence-electron chi connectivity index (χ2n) is 6.90. The normalized spacial score (nSPS) is 40.8. The van der Waals surface area contributed by atoms with E-state index in [0.29, 0.717) is 31.0 Å². The molecule has 2 aliphatic heterocycles. The molecule has 118 valence electrons. The van der Waals surface area contributed by atoms with Gasteiger partial charge in [0, 0.05) is 19.1 Å². The lowest BCUT2D eigenvalue weighted by Gasteiger charge is -2.40. The van der Waals surface area contributed by atoms with Crippen LogP contribution in [0.3, 0.4) is 0 Å². The van der Waals surface area contributed by atoms with Gasteiger partial charge in [0.05, 0.1) is 24.9 Å². The molecule has 0 radical (unpaired) electrons. The molecule has 0 saturated carbocycles. The summed E-state index contributed by atoms with van der Waals surface area (Å²) in [4.78, 5) is 0. The zero-order valence-corrected chi connectivity index (χ0v) is 13.0. The molecule has 2 fully saturated rings. The lowest BCUT2D eigenvalue weighted by Crippen LogP contribution is -2.45. The second-order valence-corrected chi connectivity index (χ2v) is 6.90. The second kappa shape index (κ2) is 7.21. The molecule has 0 spiro atoms. The Morgan fingerprint density at radius 3 is 2.45 bits per heavy atom. The molecule has 4 nitrogen and oxygen atoms in total. The number of ether oxygens (including phenoxy) is 2. The van der Waals surface area contributed by atoms with E-state index in [9.17, 15) is 10.2 Å². The van der Waals surface area contributed by atoms with Gasteiger partial charge in [-0.25, -0.2) is 0 Å². The average molecular weight is 286 g/mol. The third kappa shape index (κ3) is 3.73. The van der Waals surface area contributed by atoms with Crippen LogP contribution in [0.5, 0.6) is 0 Å². The summed E-state index contributed by atoms with van der Waals surface area (Å²) in [5.41, 5.74) is 0. The zero-order valence-electron chi connectivity index (χ0n) is 13.0. The number of hydrogen-bond acceptors (Lipinski definition) is 4. The fourth-order valence-electron chi connectivity index (χ4n) is 3.67. The summed E-state index contributed by atoms with van der Waals surface area (Å²) in [6.07, 6.45) is 1.71. The summed E-state index contributed by atoms with van der Waals surface area (Å²) in [5, 5.41) is 20.6. The molecular weight excluding hydrogens is 256 g/mol. The molecule has 4 heteroatoms. The van der Waals surface area contributed by atoms with E-state index in [1.54, 1.807) is 0 Å². The van der Waals surface area contributed by atoms with Gasteiger partial charge in [-0.1, -0.05) is 20.8 Å².